The standard InChI is InChI=1S/C10H15ClN2OS/c1-10(2)6(4-7(10)14-3)12-9-13-8(11)5-15-9/h5-7H,4H2,1-3H3,(H,12,13). The molecular weight excluding hydrogens is 232 g/mol. The van der Waals surface area contributed by atoms with E-state index in [4.69, 9.17) is 16.3 Å². The van der Waals surface area contributed by atoms with Crippen LogP contribution in [0.5, 0.6) is 0 Å². The smallest absolute Gasteiger partial charge is 0.184 e. The maximum absolute atomic E-state index is 5.77. The van der Waals surface area contributed by atoms with Gasteiger partial charge in [0.2, 0.25) is 0 Å². The summed E-state index contributed by atoms with van der Waals surface area (Å²) in [5.74, 6) is 0. The zero-order chi connectivity index (χ0) is 11.1. The van der Waals surface area contributed by atoms with Crippen LogP contribution >= 0.6 is 22.9 Å². The molecule has 1 aromatic rings. The van der Waals surface area contributed by atoms with Crippen LogP contribution in [0, 0.1) is 5.41 Å². The largest absolute Gasteiger partial charge is 0.381 e. The second-order valence-corrected chi connectivity index (χ2v) is 5.70. The summed E-state index contributed by atoms with van der Waals surface area (Å²) in [6.07, 6.45) is 1.37. The highest BCUT2D eigenvalue weighted by atomic mass is 35.5. The summed E-state index contributed by atoms with van der Waals surface area (Å²) in [6.45, 7) is 4.41. The highest BCUT2D eigenvalue weighted by Crippen LogP contribution is 2.44. The number of rotatable bonds is 3. The van der Waals surface area contributed by atoms with Crippen LogP contribution < -0.4 is 5.32 Å². The molecule has 1 N–H and O–H groups in total. The van der Waals surface area contributed by atoms with Crippen LogP contribution in [-0.4, -0.2) is 24.2 Å². The Morgan fingerprint density at radius 3 is 2.87 bits per heavy atom. The van der Waals surface area contributed by atoms with Gasteiger partial charge >= 0.3 is 0 Å². The second kappa shape index (κ2) is 3.92. The topological polar surface area (TPSA) is 34.1 Å². The summed E-state index contributed by atoms with van der Waals surface area (Å²) in [4.78, 5) is 4.18. The predicted molar refractivity (Wildman–Crippen MR) is 63.7 cm³/mol. The first-order valence-electron chi connectivity index (χ1n) is 4.94. The van der Waals surface area contributed by atoms with Crippen molar-refractivity contribution in [3.63, 3.8) is 0 Å². The minimum atomic E-state index is 0.160. The molecule has 0 aromatic carbocycles. The first-order valence-corrected chi connectivity index (χ1v) is 6.20. The van der Waals surface area contributed by atoms with E-state index in [9.17, 15) is 0 Å². The molecule has 0 radical (unpaired) electrons. The predicted octanol–water partition coefficient (Wildman–Crippen LogP) is 3.02. The fourth-order valence-electron chi connectivity index (χ4n) is 2.00. The van der Waals surface area contributed by atoms with E-state index in [0.717, 1.165) is 11.6 Å². The van der Waals surface area contributed by atoms with Crippen molar-refractivity contribution in [1.29, 1.82) is 0 Å². The normalized spacial score (nSPS) is 28.5. The number of anilines is 1. The lowest BCUT2D eigenvalue weighted by Crippen LogP contribution is -2.57. The van der Waals surface area contributed by atoms with E-state index in [1.165, 1.54) is 0 Å². The van der Waals surface area contributed by atoms with Crippen molar-refractivity contribution in [2.75, 3.05) is 12.4 Å². The van der Waals surface area contributed by atoms with Crippen molar-refractivity contribution in [2.24, 2.45) is 5.41 Å². The van der Waals surface area contributed by atoms with Gasteiger partial charge in [0.1, 0.15) is 5.15 Å². The third-order valence-corrected chi connectivity index (χ3v) is 4.33. The minimum Gasteiger partial charge on any atom is -0.381 e. The zero-order valence-corrected chi connectivity index (χ0v) is 10.7. The Balaban J connectivity index is 1.98. The van der Waals surface area contributed by atoms with Gasteiger partial charge < -0.3 is 10.1 Å². The molecule has 1 heterocycles. The molecule has 0 spiro atoms. The van der Waals surface area contributed by atoms with Gasteiger partial charge in [-0.15, -0.1) is 11.3 Å². The van der Waals surface area contributed by atoms with Crippen LogP contribution in [0.3, 0.4) is 0 Å². The number of aromatic nitrogens is 1. The van der Waals surface area contributed by atoms with Gasteiger partial charge in [0.15, 0.2) is 5.13 Å². The fourth-order valence-corrected chi connectivity index (χ4v) is 2.89. The zero-order valence-electron chi connectivity index (χ0n) is 9.08. The van der Waals surface area contributed by atoms with Gasteiger partial charge in [-0.3, -0.25) is 0 Å². The number of hydrogen-bond acceptors (Lipinski definition) is 4. The van der Waals surface area contributed by atoms with Crippen LogP contribution in [0.4, 0.5) is 5.13 Å². The molecule has 1 fully saturated rings. The van der Waals surface area contributed by atoms with E-state index in [0.29, 0.717) is 17.3 Å². The average Bonchev–Trinajstić information content (AvgIpc) is 2.58. The molecule has 15 heavy (non-hydrogen) atoms. The molecule has 5 heteroatoms. The summed E-state index contributed by atoms with van der Waals surface area (Å²) >= 11 is 7.31. The number of thiazole rings is 1. The summed E-state index contributed by atoms with van der Waals surface area (Å²) in [5.41, 5.74) is 0.160. The third kappa shape index (κ3) is 1.98. The molecule has 2 unspecified atom stereocenters. The Morgan fingerprint density at radius 1 is 1.67 bits per heavy atom. The summed E-state index contributed by atoms with van der Waals surface area (Å²) < 4.78 is 5.39. The van der Waals surface area contributed by atoms with Gasteiger partial charge in [0.25, 0.3) is 0 Å². The number of nitrogens with one attached hydrogen (secondary N) is 1. The number of nitrogens with zero attached hydrogens (tertiary/aromatic N) is 1. The maximum Gasteiger partial charge on any atom is 0.184 e. The van der Waals surface area contributed by atoms with Crippen LogP contribution in [0.1, 0.15) is 20.3 Å². The number of methoxy groups -OCH3 is 1. The van der Waals surface area contributed by atoms with E-state index in [1.54, 1.807) is 18.4 Å². The molecule has 3 nitrogen and oxygen atoms in total. The van der Waals surface area contributed by atoms with Crippen LogP contribution in [0.15, 0.2) is 5.38 Å². The Morgan fingerprint density at radius 2 is 2.40 bits per heavy atom. The molecular formula is C10H15ClN2OS. The Kier molecular flexibility index (Phi) is 2.92. The monoisotopic (exact) mass is 246 g/mol. The van der Waals surface area contributed by atoms with E-state index < -0.39 is 0 Å². The quantitative estimate of drug-likeness (QED) is 0.890. The van der Waals surface area contributed by atoms with E-state index in [2.05, 4.69) is 24.1 Å². The number of hydrogen-bond donors (Lipinski definition) is 1. The Bertz CT molecular complexity index is 353. The van der Waals surface area contributed by atoms with Crippen molar-refractivity contribution in [3.8, 4) is 0 Å². The highest BCUT2D eigenvalue weighted by Gasteiger charge is 2.48. The highest BCUT2D eigenvalue weighted by molar-refractivity contribution is 7.14. The maximum atomic E-state index is 5.77. The van der Waals surface area contributed by atoms with E-state index in [1.807, 2.05) is 5.38 Å². The molecule has 2 rings (SSSR count). The van der Waals surface area contributed by atoms with Gasteiger partial charge in [-0.25, -0.2) is 4.98 Å². The lowest BCUT2D eigenvalue weighted by Gasteiger charge is -2.51. The molecule has 1 saturated carbocycles. The second-order valence-electron chi connectivity index (χ2n) is 4.45. The third-order valence-electron chi connectivity index (χ3n) is 3.24. The van der Waals surface area contributed by atoms with Crippen molar-refractivity contribution >= 4 is 28.1 Å². The first-order chi connectivity index (χ1) is 7.04. The summed E-state index contributed by atoms with van der Waals surface area (Å²) in [6, 6.07) is 0.421. The molecule has 0 aliphatic heterocycles. The number of ether oxygens (including phenoxy) is 1. The molecule has 1 aliphatic carbocycles. The van der Waals surface area contributed by atoms with Gasteiger partial charge in [0.05, 0.1) is 6.10 Å². The van der Waals surface area contributed by atoms with E-state index in [-0.39, 0.29) is 5.41 Å². The van der Waals surface area contributed by atoms with Gasteiger partial charge in [-0.05, 0) is 6.42 Å². The lowest BCUT2D eigenvalue weighted by atomic mass is 9.64. The minimum absolute atomic E-state index is 0.160. The van der Waals surface area contributed by atoms with Gasteiger partial charge in [0, 0.05) is 23.9 Å². The molecule has 84 valence electrons. The van der Waals surface area contributed by atoms with Gasteiger partial charge in [-0.2, -0.15) is 0 Å². The first kappa shape index (κ1) is 11.2. The molecule has 1 aliphatic rings. The average molecular weight is 247 g/mol. The molecule has 0 amide bonds. The molecule has 0 saturated heterocycles. The Hall–Kier alpha value is -0.320. The molecule has 2 atom stereocenters. The van der Waals surface area contributed by atoms with Crippen molar-refractivity contribution in [3.05, 3.63) is 10.5 Å². The van der Waals surface area contributed by atoms with Crippen molar-refractivity contribution < 1.29 is 4.74 Å². The van der Waals surface area contributed by atoms with Crippen molar-refractivity contribution in [2.45, 2.75) is 32.4 Å². The summed E-state index contributed by atoms with van der Waals surface area (Å²) in [7, 11) is 1.77. The van der Waals surface area contributed by atoms with Crippen LogP contribution in [-0.2, 0) is 4.74 Å². The van der Waals surface area contributed by atoms with Gasteiger partial charge in [-0.1, -0.05) is 25.4 Å². The molecule has 0 bridgehead atoms. The van der Waals surface area contributed by atoms with E-state index >= 15 is 0 Å². The van der Waals surface area contributed by atoms with Crippen LogP contribution in [0.2, 0.25) is 5.15 Å². The Labute approximate surface area is 98.8 Å². The fraction of sp³-hybridized carbons (Fsp3) is 0.700. The lowest BCUT2D eigenvalue weighted by molar-refractivity contribution is -0.0794. The van der Waals surface area contributed by atoms with Crippen molar-refractivity contribution in [1.82, 2.24) is 4.98 Å². The summed E-state index contributed by atoms with van der Waals surface area (Å²) in [5, 5.41) is 6.69. The van der Waals surface area contributed by atoms with Crippen LogP contribution in [0.25, 0.3) is 0 Å². The number of halogens is 1. The molecule has 1 aromatic heterocycles. The SMILES string of the molecule is COC1CC(Nc2nc(Cl)cs2)C1(C)C.